The second kappa shape index (κ2) is 12.7. The summed E-state index contributed by atoms with van der Waals surface area (Å²) in [5.41, 5.74) is 3.92. The number of alkyl halides is 3. The van der Waals surface area contributed by atoms with Gasteiger partial charge in [0, 0.05) is 62.3 Å². The highest BCUT2D eigenvalue weighted by Crippen LogP contribution is 2.30. The van der Waals surface area contributed by atoms with Crippen LogP contribution < -0.4 is 10.2 Å². The van der Waals surface area contributed by atoms with Crippen molar-refractivity contribution < 1.29 is 36.2 Å². The Morgan fingerprint density at radius 3 is 2.24 bits per heavy atom. The van der Waals surface area contributed by atoms with Crippen molar-refractivity contribution in [2.45, 2.75) is 11.1 Å². The van der Waals surface area contributed by atoms with Crippen molar-refractivity contribution in [2.24, 2.45) is 0 Å². The van der Waals surface area contributed by atoms with Gasteiger partial charge in [-0.2, -0.15) is 22.7 Å². The lowest BCUT2D eigenvalue weighted by Crippen LogP contribution is -2.44. The van der Waals surface area contributed by atoms with Crippen molar-refractivity contribution in [1.82, 2.24) is 19.6 Å². The van der Waals surface area contributed by atoms with E-state index in [1.54, 1.807) is 30.5 Å². The Hall–Kier alpha value is -3.97. The number of aromatic nitrogens is 2. The van der Waals surface area contributed by atoms with E-state index in [0.717, 1.165) is 54.5 Å². The third kappa shape index (κ3) is 7.22. The lowest BCUT2D eigenvalue weighted by atomic mass is 10.1. The normalized spacial score (nSPS) is 16.4. The maximum Gasteiger partial charge on any atom is 0.490 e. The second-order valence-corrected chi connectivity index (χ2v) is 11.0. The van der Waals surface area contributed by atoms with Gasteiger partial charge in [-0.3, -0.25) is 4.98 Å². The minimum atomic E-state index is -5.08. The average Bonchev–Trinajstić information content (AvgIpc) is 3.43. The van der Waals surface area contributed by atoms with E-state index in [9.17, 15) is 26.9 Å². The molecule has 0 saturated carbocycles. The summed E-state index contributed by atoms with van der Waals surface area (Å²) in [7, 11) is -3.54. The highest BCUT2D eigenvalue weighted by atomic mass is 32.2. The Balaban J connectivity index is 0.000000493. The number of nitriles is 1. The highest BCUT2D eigenvalue weighted by molar-refractivity contribution is 7.89. The topological polar surface area (TPSA) is 152 Å². The van der Waals surface area contributed by atoms with E-state index in [0.29, 0.717) is 31.9 Å². The minimum absolute atomic E-state index is 0.262. The standard InChI is InChI=1S/C24H26N6O3S.C2HF3O2/c25-17-20-16-23(28-24(20)29-9-7-26-8-10-29)19-5-6-27-22(15-19)18-1-3-21(4-2-18)34(31,32)30-11-13-33-14-12-30;3-2(4,5)1(6)7/h1-6,15-16,26,28H,7-14H2;(H,6,7). The number of hydrogen-bond acceptors (Lipinski definition) is 8. The number of sulfonamides is 1. The smallest absolute Gasteiger partial charge is 0.475 e. The van der Waals surface area contributed by atoms with Crippen LogP contribution in [-0.2, 0) is 19.6 Å². The number of piperazine rings is 1. The van der Waals surface area contributed by atoms with Crippen LogP contribution in [0.15, 0.2) is 53.6 Å². The van der Waals surface area contributed by atoms with Gasteiger partial charge in [-0.05, 0) is 30.3 Å². The molecule has 11 nitrogen and oxygen atoms in total. The first-order valence-corrected chi connectivity index (χ1v) is 14.0. The van der Waals surface area contributed by atoms with Gasteiger partial charge in [0.05, 0.1) is 29.4 Å². The maximum absolute atomic E-state index is 12.9. The number of hydrogen-bond donors (Lipinski definition) is 3. The van der Waals surface area contributed by atoms with Crippen molar-refractivity contribution >= 4 is 21.8 Å². The number of H-pyrrole nitrogens is 1. The lowest BCUT2D eigenvalue weighted by molar-refractivity contribution is -0.192. The monoisotopic (exact) mass is 592 g/mol. The Morgan fingerprint density at radius 2 is 1.66 bits per heavy atom. The molecular weight excluding hydrogens is 565 g/mol. The molecule has 5 rings (SSSR count). The van der Waals surface area contributed by atoms with Gasteiger partial charge >= 0.3 is 12.1 Å². The number of anilines is 1. The zero-order valence-electron chi connectivity index (χ0n) is 21.7. The predicted molar refractivity (Wildman–Crippen MR) is 143 cm³/mol. The van der Waals surface area contributed by atoms with Crippen LogP contribution in [0, 0.1) is 11.3 Å². The molecule has 0 atom stereocenters. The van der Waals surface area contributed by atoms with Crippen LogP contribution in [0.25, 0.3) is 22.5 Å². The van der Waals surface area contributed by atoms with Crippen LogP contribution in [0.2, 0.25) is 0 Å². The molecule has 2 aromatic heterocycles. The van der Waals surface area contributed by atoms with E-state index >= 15 is 0 Å². The van der Waals surface area contributed by atoms with Gasteiger partial charge < -0.3 is 25.0 Å². The van der Waals surface area contributed by atoms with Gasteiger partial charge in [-0.25, -0.2) is 13.2 Å². The summed E-state index contributed by atoms with van der Waals surface area (Å²) in [6.07, 6.45) is -3.36. The van der Waals surface area contributed by atoms with Gasteiger partial charge in [0.15, 0.2) is 0 Å². The van der Waals surface area contributed by atoms with E-state index in [1.165, 1.54) is 4.31 Å². The number of aromatic amines is 1. The van der Waals surface area contributed by atoms with Crippen LogP contribution in [0.1, 0.15) is 5.56 Å². The third-order valence-electron chi connectivity index (χ3n) is 6.42. The molecule has 41 heavy (non-hydrogen) atoms. The predicted octanol–water partition coefficient (Wildman–Crippen LogP) is 2.68. The minimum Gasteiger partial charge on any atom is -0.475 e. The van der Waals surface area contributed by atoms with E-state index in [-0.39, 0.29) is 4.90 Å². The molecule has 3 aromatic rings. The summed E-state index contributed by atoms with van der Waals surface area (Å²) in [5, 5.41) is 20.1. The summed E-state index contributed by atoms with van der Waals surface area (Å²) < 4.78 is 64.2. The number of morpholine rings is 1. The number of ether oxygens (including phenoxy) is 1. The van der Waals surface area contributed by atoms with Crippen molar-refractivity contribution in [3.05, 3.63) is 54.2 Å². The van der Waals surface area contributed by atoms with Crippen LogP contribution in [0.3, 0.4) is 0 Å². The quantitative estimate of drug-likeness (QED) is 0.406. The van der Waals surface area contributed by atoms with Crippen molar-refractivity contribution in [2.75, 3.05) is 57.4 Å². The molecular formula is C26H27F3N6O5S. The Labute approximate surface area is 234 Å². The highest BCUT2D eigenvalue weighted by Gasteiger charge is 2.38. The van der Waals surface area contributed by atoms with Crippen LogP contribution in [0.4, 0.5) is 19.0 Å². The zero-order chi connectivity index (χ0) is 29.6. The number of pyridine rings is 1. The fourth-order valence-electron chi connectivity index (χ4n) is 4.31. The molecule has 2 fully saturated rings. The van der Waals surface area contributed by atoms with E-state index in [1.807, 2.05) is 18.2 Å². The summed E-state index contributed by atoms with van der Waals surface area (Å²) >= 11 is 0. The Kier molecular flexibility index (Phi) is 9.28. The molecule has 0 unspecified atom stereocenters. The van der Waals surface area contributed by atoms with Crippen molar-refractivity contribution in [1.29, 1.82) is 5.26 Å². The largest absolute Gasteiger partial charge is 0.490 e. The number of aliphatic carboxylic acids is 1. The SMILES string of the molecule is N#Cc1cc(-c2ccnc(-c3ccc(S(=O)(=O)N4CCOCC4)cc3)c2)[nH]c1N1CCNCC1.O=C(O)C(F)(F)F. The molecule has 218 valence electrons. The number of nitrogens with one attached hydrogen (secondary N) is 2. The van der Waals surface area contributed by atoms with Crippen molar-refractivity contribution in [3.63, 3.8) is 0 Å². The molecule has 2 aliphatic heterocycles. The van der Waals surface area contributed by atoms with Crippen LogP contribution >= 0.6 is 0 Å². The van der Waals surface area contributed by atoms with Gasteiger partial charge in [-0.15, -0.1) is 0 Å². The van der Waals surface area contributed by atoms with Crippen LogP contribution in [-0.4, -0.2) is 92.4 Å². The molecule has 0 aliphatic carbocycles. The van der Waals surface area contributed by atoms with Gasteiger partial charge in [0.1, 0.15) is 11.9 Å². The van der Waals surface area contributed by atoms with E-state index in [2.05, 4.69) is 26.3 Å². The lowest BCUT2D eigenvalue weighted by Gasteiger charge is -2.28. The Morgan fingerprint density at radius 1 is 1.02 bits per heavy atom. The van der Waals surface area contributed by atoms with Crippen LogP contribution in [0.5, 0.6) is 0 Å². The summed E-state index contributed by atoms with van der Waals surface area (Å²) in [6.45, 7) is 5.01. The molecule has 0 radical (unpaired) electrons. The third-order valence-corrected chi connectivity index (χ3v) is 8.33. The first-order chi connectivity index (χ1) is 19.5. The first-order valence-electron chi connectivity index (χ1n) is 12.5. The van der Waals surface area contributed by atoms with Gasteiger partial charge in [0.25, 0.3) is 0 Å². The fourth-order valence-corrected chi connectivity index (χ4v) is 5.72. The molecule has 3 N–H and O–H groups in total. The summed E-state index contributed by atoms with van der Waals surface area (Å²) in [6, 6.07) is 14.8. The number of benzene rings is 1. The zero-order valence-corrected chi connectivity index (χ0v) is 22.5. The molecule has 1 aromatic carbocycles. The molecule has 0 amide bonds. The number of rotatable bonds is 5. The molecule has 15 heteroatoms. The number of carboxylic acids is 1. The van der Waals surface area contributed by atoms with Gasteiger partial charge in [0.2, 0.25) is 10.0 Å². The van der Waals surface area contributed by atoms with E-state index < -0.39 is 22.2 Å². The summed E-state index contributed by atoms with van der Waals surface area (Å²) in [4.78, 5) is 19.2. The number of carbonyl (C=O) groups is 1. The first kappa shape index (κ1) is 30.0. The molecule has 2 aliphatic rings. The maximum atomic E-state index is 12.9. The average molecular weight is 593 g/mol. The summed E-state index contributed by atoms with van der Waals surface area (Å²) in [5.74, 6) is -1.91. The van der Waals surface area contributed by atoms with Crippen molar-refractivity contribution in [3.8, 4) is 28.6 Å². The number of halogens is 3. The fraction of sp³-hybridized carbons (Fsp3) is 0.346. The molecule has 0 spiro atoms. The van der Waals surface area contributed by atoms with E-state index in [4.69, 9.17) is 14.6 Å². The second-order valence-electron chi connectivity index (χ2n) is 9.07. The molecule has 0 bridgehead atoms. The number of carboxylic acid groups (broad SMARTS) is 1. The Bertz CT molecular complexity index is 1510. The van der Waals surface area contributed by atoms with Gasteiger partial charge in [-0.1, -0.05) is 12.1 Å². The molecule has 2 saturated heterocycles. The number of nitrogens with zero attached hydrogens (tertiary/aromatic N) is 4. The molecule has 4 heterocycles.